The van der Waals surface area contributed by atoms with Crippen LogP contribution < -0.4 is 9.64 Å². The first kappa shape index (κ1) is 35.1. The Kier molecular flexibility index (Phi) is 8.05. The van der Waals surface area contributed by atoms with Crippen LogP contribution in [0.3, 0.4) is 0 Å². The van der Waals surface area contributed by atoms with Crippen molar-refractivity contribution in [1.82, 2.24) is 24.1 Å². The molecule has 0 aliphatic carbocycles. The number of rotatable bonds is 5. The quantitative estimate of drug-likeness (QED) is 0.172. The molecule has 0 atom stereocenters. The smallest absolute Gasteiger partial charge is 0.221 e. The summed E-state index contributed by atoms with van der Waals surface area (Å²) in [6, 6.07) is 49.8. The van der Waals surface area contributed by atoms with Gasteiger partial charge in [0.05, 0.1) is 27.8 Å². The topological polar surface area (TPSA) is 61.0 Å². The van der Waals surface area contributed by atoms with E-state index < -0.39 is 31.4 Å². The van der Waals surface area contributed by atoms with Gasteiger partial charge in [-0.1, -0.05) is 159 Å². The maximum atomic E-state index is 8.79. The largest absolute Gasteiger partial charge is 0.439 e. The summed E-state index contributed by atoms with van der Waals surface area (Å²) in [4.78, 5) is 16.3. The van der Waals surface area contributed by atoms with Crippen molar-refractivity contribution >= 4 is 76.5 Å². The number of aromatic nitrogens is 5. The molecule has 1 aliphatic rings. The van der Waals surface area contributed by atoms with Crippen molar-refractivity contribution in [3.63, 3.8) is 0 Å². The van der Waals surface area contributed by atoms with Crippen LogP contribution in [-0.4, -0.2) is 24.1 Å². The first-order valence-electron chi connectivity index (χ1n) is 28.5. The highest BCUT2D eigenvalue weighted by Gasteiger charge is 2.28. The zero-order valence-electron chi connectivity index (χ0n) is 49.5. The van der Waals surface area contributed by atoms with Crippen LogP contribution in [0.15, 0.2) is 176 Å². The number of pyridine rings is 3. The lowest BCUT2D eigenvalue weighted by Crippen LogP contribution is -2.17. The Morgan fingerprint density at radius 2 is 1.15 bits per heavy atom. The van der Waals surface area contributed by atoms with E-state index in [1.807, 2.05) is 112 Å². The molecule has 0 N–H and O–H groups in total. The lowest BCUT2D eigenvalue weighted by molar-refractivity contribution is 0.463. The van der Waals surface area contributed by atoms with Gasteiger partial charge in [0.1, 0.15) is 18.2 Å². The molecule has 71 heavy (non-hydrogen) atoms. The predicted octanol–water partition coefficient (Wildman–Crippen LogP) is 17.0. The number of nitrogens with zero attached hydrogens (tertiary/aromatic N) is 6. The molecule has 0 unspecified atom stereocenters. The fourth-order valence-corrected chi connectivity index (χ4v) is 10.5. The van der Waals surface area contributed by atoms with Gasteiger partial charge >= 0.3 is 0 Å². The first-order valence-corrected chi connectivity index (χ1v) is 24.0. The van der Waals surface area contributed by atoms with Crippen molar-refractivity contribution in [1.29, 1.82) is 0 Å². The zero-order valence-corrected chi connectivity index (χ0v) is 40.5. The summed E-state index contributed by atoms with van der Waals surface area (Å²) in [6.45, 7) is 2.26. The minimum atomic E-state index is -3.47. The molecular weight excluding hydrogens is 869 g/mol. The van der Waals surface area contributed by atoms with Gasteiger partial charge in [0.15, 0.2) is 0 Å². The monoisotopic (exact) mass is 936 g/mol. The van der Waals surface area contributed by atoms with Crippen LogP contribution >= 0.6 is 0 Å². The number of hydrogen-bond acceptors (Lipinski definition) is 5. The third kappa shape index (κ3) is 7.54. The number of anilines is 2. The van der Waals surface area contributed by atoms with E-state index in [1.165, 1.54) is 12.1 Å². The van der Waals surface area contributed by atoms with E-state index in [-0.39, 0.29) is 17.6 Å². The van der Waals surface area contributed by atoms with Gasteiger partial charge in [-0.15, -0.1) is 0 Å². The minimum Gasteiger partial charge on any atom is -0.439 e. The van der Waals surface area contributed by atoms with Gasteiger partial charge in [-0.2, -0.15) is 0 Å². The molecule has 0 bridgehead atoms. The fourth-order valence-electron chi connectivity index (χ4n) is 10.5. The van der Waals surface area contributed by atoms with E-state index in [2.05, 4.69) is 100 Å². The summed E-state index contributed by atoms with van der Waals surface area (Å²) in [6.07, 6.45) is 7.26. The van der Waals surface area contributed by atoms with Gasteiger partial charge < -0.3 is 14.2 Å². The number of ether oxygens (including phenoxy) is 1. The molecule has 7 heteroatoms. The van der Waals surface area contributed by atoms with E-state index in [0.717, 1.165) is 87.9 Å². The molecule has 6 heterocycles. The maximum Gasteiger partial charge on any atom is 0.221 e. The maximum absolute atomic E-state index is 8.79. The Labute approximate surface area is 428 Å². The lowest BCUT2D eigenvalue weighted by atomic mass is 9.78. The fraction of sp³-hybridized carbons (Fsp3) is 0.203. The number of hydrogen-bond donors (Lipinski definition) is 0. The van der Waals surface area contributed by atoms with Crippen molar-refractivity contribution in [3.8, 4) is 28.6 Å². The third-order valence-corrected chi connectivity index (χ3v) is 14.1. The summed E-state index contributed by atoms with van der Waals surface area (Å²) in [5.74, 6) is 1.72. The molecule has 0 amide bonds. The Bertz CT molecular complexity index is 4350. The SMILES string of the molecule is [2H]C([2H])([2H])C(c1cc(-c2cccc3c4ccccc4c4ccccc4c4cccc5c4n(c23)CN5c2ccnc(Oc3ccc4c5cnccc5n(-c5cc(C(C)(C)C)ccn5)c4c3)c2)cc(C(C)(C)C)c1)(C([2H])([2H])[2H])C([2H])([2H])[2H]. The van der Waals surface area contributed by atoms with Crippen LogP contribution in [0.1, 0.15) is 91.1 Å². The van der Waals surface area contributed by atoms with E-state index in [1.54, 1.807) is 12.4 Å². The van der Waals surface area contributed by atoms with Gasteiger partial charge in [0, 0.05) is 82.1 Å². The van der Waals surface area contributed by atoms with Gasteiger partial charge in [-0.05, 0) is 103 Å². The molecule has 0 saturated carbocycles. The van der Waals surface area contributed by atoms with Crippen LogP contribution in [0.25, 0.3) is 82.1 Å². The highest BCUT2D eigenvalue weighted by Crippen LogP contribution is 2.46. The van der Waals surface area contributed by atoms with Crippen molar-refractivity contribution in [2.45, 2.75) is 85.0 Å². The Balaban J connectivity index is 1.08. The highest BCUT2D eigenvalue weighted by atomic mass is 16.5. The summed E-state index contributed by atoms with van der Waals surface area (Å²) < 4.78 is 90.3. The summed E-state index contributed by atoms with van der Waals surface area (Å²) >= 11 is 0. The van der Waals surface area contributed by atoms with Crippen molar-refractivity contribution in [2.24, 2.45) is 0 Å². The second-order valence-electron chi connectivity index (χ2n) is 20.8. The molecule has 0 fully saturated rings. The molecule has 0 saturated heterocycles. The van der Waals surface area contributed by atoms with Crippen LogP contribution in [0, 0.1) is 0 Å². The van der Waals surface area contributed by atoms with Crippen molar-refractivity contribution < 1.29 is 17.1 Å². The standard InChI is InChI=1S/C64H58N6O/c1-62(2,3)41-26-30-66-58(35-41)70-55-28-29-65-38-54(55)51-25-24-45(37-57(51)70)71-59-36-44(27-31-67-59)68-39-69-60-46(40-32-42(63(4,5)6)34-43(33-40)64(7,8)9)20-14-21-52(60)49-18-12-10-16-47(49)48-17-11-13-19-50(48)53-22-15-23-56(68)61(53)69/h10-38H,39H2,1-9H3/i4D3,5D3,6D3. The van der Waals surface area contributed by atoms with Gasteiger partial charge in [-0.3, -0.25) is 9.55 Å². The summed E-state index contributed by atoms with van der Waals surface area (Å²) in [5.41, 5.74) is 3.76. The second kappa shape index (κ2) is 16.3. The molecule has 12 rings (SSSR count). The molecule has 0 spiro atoms. The average molecular weight is 936 g/mol. The van der Waals surface area contributed by atoms with Gasteiger partial charge in [-0.25, -0.2) is 9.97 Å². The van der Waals surface area contributed by atoms with Crippen LogP contribution in [0.5, 0.6) is 11.6 Å². The van der Waals surface area contributed by atoms with Crippen molar-refractivity contribution in [2.75, 3.05) is 4.90 Å². The average Bonchev–Trinajstić information content (AvgIpc) is 3.97. The van der Waals surface area contributed by atoms with Crippen LogP contribution in [0.2, 0.25) is 0 Å². The number of para-hydroxylation sites is 2. The van der Waals surface area contributed by atoms with E-state index in [9.17, 15) is 0 Å². The molecule has 1 aliphatic heterocycles. The Morgan fingerprint density at radius 3 is 1.86 bits per heavy atom. The van der Waals surface area contributed by atoms with Gasteiger partial charge in [0.2, 0.25) is 5.88 Å². The Hall–Kier alpha value is -8.03. The zero-order chi connectivity index (χ0) is 56.5. The second-order valence-corrected chi connectivity index (χ2v) is 20.8. The number of fused-ring (bicyclic) bond motifs is 10. The molecule has 350 valence electrons. The van der Waals surface area contributed by atoms with E-state index in [4.69, 9.17) is 27.0 Å². The van der Waals surface area contributed by atoms with Crippen molar-refractivity contribution in [3.05, 3.63) is 193 Å². The molecule has 6 aromatic carbocycles. The van der Waals surface area contributed by atoms with Crippen LogP contribution in [0.4, 0.5) is 11.4 Å². The Morgan fingerprint density at radius 1 is 0.507 bits per heavy atom. The lowest BCUT2D eigenvalue weighted by Gasteiger charge is -2.27. The predicted molar refractivity (Wildman–Crippen MR) is 296 cm³/mol. The third-order valence-electron chi connectivity index (χ3n) is 14.1. The van der Waals surface area contributed by atoms with Crippen LogP contribution in [-0.2, 0) is 22.9 Å². The van der Waals surface area contributed by atoms with Gasteiger partial charge in [0.25, 0.3) is 0 Å². The molecule has 11 aromatic rings. The molecule has 0 radical (unpaired) electrons. The molecular formula is C64H58N6O. The molecule has 7 nitrogen and oxygen atoms in total. The van der Waals surface area contributed by atoms with E-state index >= 15 is 0 Å². The van der Waals surface area contributed by atoms with E-state index in [0.29, 0.717) is 28.3 Å². The highest BCUT2D eigenvalue weighted by molar-refractivity contribution is 6.22. The minimum absolute atomic E-state index is 0.0981. The summed E-state index contributed by atoms with van der Waals surface area (Å²) in [7, 11) is 0. The first-order chi connectivity index (χ1) is 37.8. The summed E-state index contributed by atoms with van der Waals surface area (Å²) in [5, 5.41) is 7.76. The number of benzene rings is 6. The molecule has 5 aromatic heterocycles. The normalized spacial score (nSPS) is 15.5.